The third-order valence-electron chi connectivity index (χ3n) is 6.78. The number of rotatable bonds is 7. The van der Waals surface area contributed by atoms with E-state index in [1.54, 1.807) is 23.9 Å². The van der Waals surface area contributed by atoms with Gasteiger partial charge < -0.3 is 9.80 Å². The number of nitroso groups, excluding NO2 is 1. The summed E-state index contributed by atoms with van der Waals surface area (Å²) in [6.45, 7) is 0. The Morgan fingerprint density at radius 2 is 1.75 bits per heavy atom. The predicted octanol–water partition coefficient (Wildman–Crippen LogP) is 5.58. The van der Waals surface area contributed by atoms with Gasteiger partial charge in [-0.1, -0.05) is 12.1 Å². The van der Waals surface area contributed by atoms with Crippen LogP contribution in [0.5, 0.6) is 0 Å². The average molecular weight is 519 g/mol. The summed E-state index contributed by atoms with van der Waals surface area (Å²) in [6.07, 6.45) is -1.13. The molecule has 1 aliphatic carbocycles. The van der Waals surface area contributed by atoms with E-state index < -0.39 is 23.0 Å². The molecule has 4 rings (SSSR count). The lowest BCUT2D eigenvalue weighted by atomic mass is 9.75. The molecule has 0 aromatic heterocycles. The van der Waals surface area contributed by atoms with Crippen LogP contribution in [-0.4, -0.2) is 41.5 Å². The van der Waals surface area contributed by atoms with E-state index in [2.05, 4.69) is 5.18 Å². The maximum Gasteiger partial charge on any atom is 0.418 e. The van der Waals surface area contributed by atoms with E-state index in [-0.39, 0.29) is 22.6 Å². The molecule has 36 heavy (non-hydrogen) atoms. The molecule has 1 aliphatic heterocycles. The molecule has 0 radical (unpaired) electrons. The number of benzene rings is 2. The Morgan fingerprint density at radius 3 is 2.28 bits per heavy atom. The standard InChI is InChI=1S/C25H25F3N4O3S/c1-30(2)21(33)6-3-5-16-7-9-17(10-8-16)32-23(36)31(22(34)24(32)13-4-14-24)18-11-12-20(29-35)19(15-18)25(26,27)28/h7-12,15H,3-6,13-14H2,1-2H3. The SMILES string of the molecule is CN(C)C(=O)CCCc1ccc(N2C(=S)N(c3ccc(N=O)c(C(F)(F)F)c3)C(=O)C23CCC3)cc1. The molecule has 2 fully saturated rings. The van der Waals surface area contributed by atoms with Gasteiger partial charge in [0, 0.05) is 26.2 Å². The summed E-state index contributed by atoms with van der Waals surface area (Å²) in [5.74, 6) is -0.324. The molecule has 1 saturated heterocycles. The van der Waals surface area contributed by atoms with Crippen LogP contribution in [0.25, 0.3) is 0 Å². The van der Waals surface area contributed by atoms with E-state index in [1.807, 2.05) is 24.3 Å². The Hall–Kier alpha value is -3.34. The summed E-state index contributed by atoms with van der Waals surface area (Å²) in [7, 11) is 3.43. The molecule has 1 spiro atoms. The Labute approximate surface area is 211 Å². The number of hydrogen-bond acceptors (Lipinski definition) is 5. The summed E-state index contributed by atoms with van der Waals surface area (Å²) in [5.41, 5.74) is -1.28. The van der Waals surface area contributed by atoms with Gasteiger partial charge in [-0.25, -0.2) is 0 Å². The van der Waals surface area contributed by atoms with E-state index in [1.165, 1.54) is 6.07 Å². The second-order valence-corrected chi connectivity index (χ2v) is 9.61. The lowest BCUT2D eigenvalue weighted by Crippen LogP contribution is -2.55. The highest BCUT2D eigenvalue weighted by Gasteiger charge is 2.59. The molecule has 0 unspecified atom stereocenters. The van der Waals surface area contributed by atoms with Crippen molar-refractivity contribution in [1.82, 2.24) is 4.90 Å². The Balaban J connectivity index is 1.61. The minimum atomic E-state index is -4.82. The van der Waals surface area contributed by atoms with E-state index in [9.17, 15) is 27.7 Å². The zero-order chi connectivity index (χ0) is 26.3. The zero-order valence-corrected chi connectivity index (χ0v) is 20.7. The maximum atomic E-state index is 13.5. The van der Waals surface area contributed by atoms with Crippen molar-refractivity contribution in [3.63, 3.8) is 0 Å². The molecular formula is C25H25F3N4O3S. The second kappa shape index (κ2) is 9.61. The number of hydrogen-bond donors (Lipinski definition) is 0. The quantitative estimate of drug-likeness (QED) is 0.354. The van der Waals surface area contributed by atoms with Gasteiger partial charge in [-0.15, -0.1) is 4.91 Å². The molecule has 1 saturated carbocycles. The first-order chi connectivity index (χ1) is 17.0. The predicted molar refractivity (Wildman–Crippen MR) is 134 cm³/mol. The molecule has 0 N–H and O–H groups in total. The highest BCUT2D eigenvalue weighted by Crippen LogP contribution is 2.48. The van der Waals surface area contributed by atoms with Crippen molar-refractivity contribution < 1.29 is 22.8 Å². The van der Waals surface area contributed by atoms with Crippen LogP contribution in [0.2, 0.25) is 0 Å². The van der Waals surface area contributed by atoms with Crippen LogP contribution in [0.1, 0.15) is 43.2 Å². The van der Waals surface area contributed by atoms with Gasteiger partial charge in [-0.2, -0.15) is 13.2 Å². The van der Waals surface area contributed by atoms with Gasteiger partial charge >= 0.3 is 6.18 Å². The van der Waals surface area contributed by atoms with Crippen LogP contribution in [0.15, 0.2) is 47.6 Å². The van der Waals surface area contributed by atoms with Gasteiger partial charge in [-0.3, -0.25) is 14.5 Å². The lowest BCUT2D eigenvalue weighted by molar-refractivity contribution is -0.137. The number of aryl methyl sites for hydroxylation is 1. The van der Waals surface area contributed by atoms with Crippen molar-refractivity contribution in [2.75, 3.05) is 23.9 Å². The van der Waals surface area contributed by atoms with E-state index in [0.29, 0.717) is 37.8 Å². The fourth-order valence-corrected chi connectivity index (χ4v) is 5.13. The van der Waals surface area contributed by atoms with Crippen molar-refractivity contribution in [2.45, 2.75) is 50.2 Å². The van der Waals surface area contributed by atoms with Crippen molar-refractivity contribution in [2.24, 2.45) is 5.18 Å². The second-order valence-electron chi connectivity index (χ2n) is 9.24. The number of carbonyl (C=O) groups excluding carboxylic acids is 2. The number of anilines is 2. The van der Waals surface area contributed by atoms with E-state index in [4.69, 9.17) is 12.2 Å². The maximum absolute atomic E-state index is 13.5. The van der Waals surface area contributed by atoms with Crippen LogP contribution in [0.3, 0.4) is 0 Å². The van der Waals surface area contributed by atoms with Gasteiger partial charge in [-0.05, 0) is 85.4 Å². The first-order valence-electron chi connectivity index (χ1n) is 11.5. The van der Waals surface area contributed by atoms with Crippen LogP contribution < -0.4 is 9.80 Å². The number of halogens is 3. The normalized spacial score (nSPS) is 16.9. The summed E-state index contributed by atoms with van der Waals surface area (Å²) >= 11 is 5.63. The van der Waals surface area contributed by atoms with Gasteiger partial charge in [0.05, 0.1) is 11.3 Å². The first-order valence-corrected chi connectivity index (χ1v) is 11.9. The third kappa shape index (κ3) is 4.47. The fraction of sp³-hybridized carbons (Fsp3) is 0.400. The Morgan fingerprint density at radius 1 is 1.11 bits per heavy atom. The first kappa shape index (κ1) is 25.7. The molecule has 0 bridgehead atoms. The smallest absolute Gasteiger partial charge is 0.349 e. The highest BCUT2D eigenvalue weighted by atomic mass is 32.1. The molecule has 190 valence electrons. The molecule has 11 heteroatoms. The van der Waals surface area contributed by atoms with Gasteiger partial charge in [0.1, 0.15) is 11.2 Å². The molecule has 2 aliphatic rings. The molecule has 2 aromatic rings. The largest absolute Gasteiger partial charge is 0.418 e. The van der Waals surface area contributed by atoms with Crippen LogP contribution in [0.4, 0.5) is 30.2 Å². The summed E-state index contributed by atoms with van der Waals surface area (Å²) in [5, 5.41) is 2.56. The monoisotopic (exact) mass is 518 g/mol. The molecular weight excluding hydrogens is 493 g/mol. The summed E-state index contributed by atoms with van der Waals surface area (Å²) in [4.78, 5) is 40.6. The molecule has 0 atom stereocenters. The van der Waals surface area contributed by atoms with Gasteiger partial charge in [0.25, 0.3) is 5.91 Å². The molecule has 7 nitrogen and oxygen atoms in total. The average Bonchev–Trinajstić information content (AvgIpc) is 3.05. The number of alkyl halides is 3. The van der Waals surface area contributed by atoms with E-state index >= 15 is 0 Å². The van der Waals surface area contributed by atoms with Crippen molar-refractivity contribution >= 4 is 46.2 Å². The Bertz CT molecular complexity index is 1210. The minimum Gasteiger partial charge on any atom is -0.349 e. The van der Waals surface area contributed by atoms with Gasteiger partial charge in [0.15, 0.2) is 5.11 Å². The van der Waals surface area contributed by atoms with Crippen molar-refractivity contribution in [3.8, 4) is 0 Å². The Kier molecular flexibility index (Phi) is 6.87. The number of thiocarbonyl (C=S) groups is 1. The summed E-state index contributed by atoms with van der Waals surface area (Å²) in [6, 6.07) is 10.4. The molecule has 2 aromatic carbocycles. The number of amides is 2. The van der Waals surface area contributed by atoms with Gasteiger partial charge in [0.2, 0.25) is 5.91 Å². The zero-order valence-electron chi connectivity index (χ0n) is 19.8. The van der Waals surface area contributed by atoms with E-state index in [0.717, 1.165) is 29.0 Å². The van der Waals surface area contributed by atoms with Crippen LogP contribution in [0, 0.1) is 4.91 Å². The fourth-order valence-electron chi connectivity index (χ4n) is 4.66. The van der Waals surface area contributed by atoms with Crippen molar-refractivity contribution in [1.29, 1.82) is 0 Å². The number of nitrogens with zero attached hydrogens (tertiary/aromatic N) is 4. The minimum absolute atomic E-state index is 0.0549. The highest BCUT2D eigenvalue weighted by molar-refractivity contribution is 7.81. The topological polar surface area (TPSA) is 73.3 Å². The molecule has 2 amide bonds. The van der Waals surface area contributed by atoms with Crippen LogP contribution in [-0.2, 0) is 22.2 Å². The lowest BCUT2D eigenvalue weighted by Gasteiger charge is -2.43. The molecule has 1 heterocycles. The van der Waals surface area contributed by atoms with Crippen LogP contribution >= 0.6 is 12.2 Å². The summed E-state index contributed by atoms with van der Waals surface area (Å²) < 4.78 is 40.5. The number of carbonyl (C=O) groups is 2. The third-order valence-corrected chi connectivity index (χ3v) is 7.15. The van der Waals surface area contributed by atoms with Crippen molar-refractivity contribution in [3.05, 3.63) is 58.5 Å².